The molecule has 14 heteroatoms. The van der Waals surface area contributed by atoms with Crippen molar-refractivity contribution >= 4 is 17.8 Å². The van der Waals surface area contributed by atoms with Gasteiger partial charge in [0.1, 0.15) is 55.6 Å². The van der Waals surface area contributed by atoms with Gasteiger partial charge in [0.15, 0.2) is 17.3 Å². The minimum Gasteiger partial charge on any atom is -0.504 e. The number of benzene rings is 1. The monoisotopic (exact) mass is 575 g/mol. The Hall–Kier alpha value is -2.00. The van der Waals surface area contributed by atoms with Crippen LogP contribution in [0.15, 0.2) is 23.8 Å². The molecule has 200 valence electrons. The molecule has 1 aromatic rings. The zero-order valence-electron chi connectivity index (χ0n) is 20.1. The van der Waals surface area contributed by atoms with Gasteiger partial charge in [-0.05, 0) is 37.6 Å². The SMILES string of the molecule is CC(=O)[C@H]1O[C@@H](Oc2ccc(/C=C(\C)C(=O)N[C@H]3[C@@H](O)[C@H](O)[C@@H]4OCO[C@@H]4[C@H]3O)cc2O)[C@@H](O)[C@@H]1O.[Zn]. The Labute approximate surface area is 224 Å². The average Bonchev–Trinajstić information content (AvgIpc) is 3.43. The molecule has 0 spiro atoms. The van der Waals surface area contributed by atoms with Gasteiger partial charge in [0.05, 0.1) is 6.04 Å². The second kappa shape index (κ2) is 11.8. The number of rotatable bonds is 6. The molecule has 1 aliphatic carbocycles. The zero-order valence-corrected chi connectivity index (χ0v) is 23.1. The molecule has 0 radical (unpaired) electrons. The number of Topliss-reactive ketones (excluding diaryl/α,β-unsaturated/α-hetero) is 1. The van der Waals surface area contributed by atoms with Crippen LogP contribution in [0.1, 0.15) is 19.4 Å². The Morgan fingerprint density at radius 3 is 2.22 bits per heavy atom. The number of aliphatic hydroxyl groups is 5. The molecule has 10 atom stereocenters. The summed E-state index contributed by atoms with van der Waals surface area (Å²) in [7, 11) is 0. The maximum Gasteiger partial charge on any atom is 0.247 e. The molecular formula is C23H29NO12Zn. The van der Waals surface area contributed by atoms with Crippen molar-refractivity contribution in [3.05, 3.63) is 29.3 Å². The van der Waals surface area contributed by atoms with Gasteiger partial charge in [-0.15, -0.1) is 0 Å². The number of carbonyl (C=O) groups is 2. The number of ether oxygens (including phenoxy) is 4. The van der Waals surface area contributed by atoms with E-state index in [9.17, 15) is 40.2 Å². The number of phenols is 1. The van der Waals surface area contributed by atoms with Gasteiger partial charge in [0, 0.05) is 25.1 Å². The predicted octanol–water partition coefficient (Wildman–Crippen LogP) is -2.47. The van der Waals surface area contributed by atoms with Crippen LogP contribution in [0.25, 0.3) is 6.08 Å². The second-order valence-electron chi connectivity index (χ2n) is 9.04. The van der Waals surface area contributed by atoms with E-state index in [1.165, 1.54) is 38.1 Å². The van der Waals surface area contributed by atoms with Crippen LogP contribution in [-0.2, 0) is 43.3 Å². The van der Waals surface area contributed by atoms with Crippen LogP contribution in [-0.4, -0.2) is 110 Å². The third-order valence-corrected chi connectivity index (χ3v) is 6.49. The maximum absolute atomic E-state index is 12.7. The summed E-state index contributed by atoms with van der Waals surface area (Å²) in [6, 6.07) is 2.90. The molecule has 7 N–H and O–H groups in total. The van der Waals surface area contributed by atoms with Gasteiger partial charge in [-0.1, -0.05) is 6.07 Å². The number of hydrogen-bond donors (Lipinski definition) is 7. The minimum absolute atomic E-state index is 0. The molecule has 2 saturated heterocycles. The molecule has 3 aliphatic rings. The maximum atomic E-state index is 12.7. The summed E-state index contributed by atoms with van der Waals surface area (Å²) >= 11 is 0. The van der Waals surface area contributed by atoms with Crippen LogP contribution in [0, 0.1) is 0 Å². The summed E-state index contributed by atoms with van der Waals surface area (Å²) in [6.07, 6.45) is -10.2. The van der Waals surface area contributed by atoms with E-state index in [4.69, 9.17) is 18.9 Å². The third-order valence-electron chi connectivity index (χ3n) is 6.49. The van der Waals surface area contributed by atoms with Gasteiger partial charge in [-0.2, -0.15) is 0 Å². The molecule has 0 unspecified atom stereocenters. The molecule has 0 bridgehead atoms. The largest absolute Gasteiger partial charge is 0.504 e. The molecule has 13 nitrogen and oxygen atoms in total. The van der Waals surface area contributed by atoms with Crippen molar-refractivity contribution in [1.29, 1.82) is 0 Å². The molecule has 2 aliphatic heterocycles. The predicted molar refractivity (Wildman–Crippen MR) is 118 cm³/mol. The van der Waals surface area contributed by atoms with E-state index >= 15 is 0 Å². The van der Waals surface area contributed by atoms with Gasteiger partial charge in [0.2, 0.25) is 12.2 Å². The van der Waals surface area contributed by atoms with Crippen molar-refractivity contribution in [3.63, 3.8) is 0 Å². The molecule has 3 fully saturated rings. The number of nitrogens with one attached hydrogen (secondary N) is 1. The van der Waals surface area contributed by atoms with Crippen molar-refractivity contribution in [2.45, 2.75) is 75.0 Å². The van der Waals surface area contributed by atoms with E-state index in [2.05, 4.69) is 5.32 Å². The van der Waals surface area contributed by atoms with Crippen LogP contribution in [0.5, 0.6) is 11.5 Å². The first-order valence-corrected chi connectivity index (χ1v) is 11.3. The first-order chi connectivity index (χ1) is 17.0. The summed E-state index contributed by atoms with van der Waals surface area (Å²) in [4.78, 5) is 24.2. The number of aromatic hydroxyl groups is 1. The quantitative estimate of drug-likeness (QED) is 0.139. The molecule has 1 saturated carbocycles. The number of carbonyl (C=O) groups excluding carboxylic acids is 2. The molecule has 2 heterocycles. The first kappa shape index (κ1) is 29.6. The first-order valence-electron chi connectivity index (χ1n) is 11.3. The number of aliphatic hydroxyl groups excluding tert-OH is 5. The number of phenolic OH excluding ortho intramolecular Hbond substituents is 1. The van der Waals surface area contributed by atoms with Crippen molar-refractivity contribution < 1.29 is 78.7 Å². The molecular weight excluding hydrogens is 548 g/mol. The van der Waals surface area contributed by atoms with E-state index in [0.29, 0.717) is 5.56 Å². The van der Waals surface area contributed by atoms with Gasteiger partial charge in [0.25, 0.3) is 0 Å². The van der Waals surface area contributed by atoms with E-state index in [0.717, 1.165) is 0 Å². The van der Waals surface area contributed by atoms with Crippen molar-refractivity contribution in [3.8, 4) is 11.5 Å². The Morgan fingerprint density at radius 2 is 1.62 bits per heavy atom. The number of hydrogen-bond acceptors (Lipinski definition) is 12. The third kappa shape index (κ3) is 5.87. The molecule has 4 rings (SSSR count). The molecule has 0 aromatic heterocycles. The summed E-state index contributed by atoms with van der Waals surface area (Å²) in [5.74, 6) is -1.59. The Bertz CT molecular complexity index is 1040. The number of fused-ring (bicyclic) bond motifs is 1. The van der Waals surface area contributed by atoms with Crippen LogP contribution in [0.3, 0.4) is 0 Å². The van der Waals surface area contributed by atoms with Crippen LogP contribution < -0.4 is 10.1 Å². The summed E-state index contributed by atoms with van der Waals surface area (Å²) in [5.41, 5.74) is 0.545. The minimum atomic E-state index is -1.51. The van der Waals surface area contributed by atoms with Crippen LogP contribution >= 0.6 is 0 Å². The van der Waals surface area contributed by atoms with Crippen molar-refractivity contribution in [1.82, 2.24) is 5.32 Å². The summed E-state index contributed by atoms with van der Waals surface area (Å²) in [6.45, 7) is 2.52. The molecule has 1 amide bonds. The standard InChI is InChI=1S/C23H29NO12.Zn/c1-8(22(32)24-13-14(27)16(29)21-20(15(13)28)33-7-34-21)5-10-3-4-12(11(26)6-10)35-23-18(31)17(30)19(36-23)9(2)25;/h3-6,13-21,23,26-31H,7H2,1-2H3,(H,24,32);/b8-5+;/t13-,14+,15-,16-,17-,18-,19+,20+,21-,23+;/m0./s1. The molecule has 37 heavy (non-hydrogen) atoms. The summed E-state index contributed by atoms with van der Waals surface area (Å²) < 4.78 is 21.1. The fourth-order valence-electron chi connectivity index (χ4n) is 4.46. The van der Waals surface area contributed by atoms with Gasteiger partial charge >= 0.3 is 0 Å². The van der Waals surface area contributed by atoms with Crippen LogP contribution in [0.4, 0.5) is 0 Å². The van der Waals surface area contributed by atoms with Crippen LogP contribution in [0.2, 0.25) is 0 Å². The normalized spacial score (nSPS) is 37.4. The Kier molecular flexibility index (Phi) is 9.43. The van der Waals surface area contributed by atoms with E-state index < -0.39 is 72.9 Å². The van der Waals surface area contributed by atoms with Crippen molar-refractivity contribution in [2.75, 3.05) is 6.79 Å². The van der Waals surface area contributed by atoms with Gasteiger partial charge < -0.3 is 54.9 Å². The average molecular weight is 577 g/mol. The van der Waals surface area contributed by atoms with Crippen molar-refractivity contribution in [2.24, 2.45) is 0 Å². The smallest absolute Gasteiger partial charge is 0.247 e. The fraction of sp³-hybridized carbons (Fsp3) is 0.565. The van der Waals surface area contributed by atoms with E-state index in [1.807, 2.05) is 0 Å². The molecule has 1 aromatic carbocycles. The topological polar surface area (TPSA) is 204 Å². The van der Waals surface area contributed by atoms with E-state index in [1.54, 1.807) is 0 Å². The number of ketones is 1. The van der Waals surface area contributed by atoms with Gasteiger partial charge in [-0.3, -0.25) is 9.59 Å². The second-order valence-corrected chi connectivity index (χ2v) is 9.04. The van der Waals surface area contributed by atoms with E-state index in [-0.39, 0.29) is 43.3 Å². The Morgan fingerprint density at radius 1 is 0.973 bits per heavy atom. The Balaban J connectivity index is 0.00000380. The fourth-order valence-corrected chi connectivity index (χ4v) is 4.46. The van der Waals surface area contributed by atoms with Gasteiger partial charge in [-0.25, -0.2) is 0 Å². The number of amides is 1. The zero-order chi connectivity index (χ0) is 26.3. The summed E-state index contributed by atoms with van der Waals surface area (Å²) in [5, 5.41) is 63.9.